The molecule has 3 rings (SSSR count). The quantitative estimate of drug-likeness (QED) is 0.615. The molecule has 0 spiro atoms. The fourth-order valence-electron chi connectivity index (χ4n) is 3.47. The van der Waals surface area contributed by atoms with Crippen molar-refractivity contribution in [1.29, 1.82) is 0 Å². The van der Waals surface area contributed by atoms with Crippen molar-refractivity contribution >= 4 is 11.9 Å². The van der Waals surface area contributed by atoms with Gasteiger partial charge in [0.1, 0.15) is 6.61 Å². The lowest BCUT2D eigenvalue weighted by Crippen LogP contribution is -2.08. The maximum Gasteiger partial charge on any atom is 0.374 e. The van der Waals surface area contributed by atoms with Crippen molar-refractivity contribution in [2.75, 3.05) is 0 Å². The van der Waals surface area contributed by atoms with Crippen molar-refractivity contribution < 1.29 is 23.8 Å². The van der Waals surface area contributed by atoms with Gasteiger partial charge in [0, 0.05) is 5.56 Å². The van der Waals surface area contributed by atoms with Crippen LogP contribution in [0.4, 0.5) is 0 Å². The van der Waals surface area contributed by atoms with E-state index in [1.165, 1.54) is 6.26 Å². The molecule has 0 saturated carbocycles. The molecule has 0 radical (unpaired) electrons. The summed E-state index contributed by atoms with van der Waals surface area (Å²) < 4.78 is 10.7. The number of esters is 1. The second kappa shape index (κ2) is 7.72. The number of ether oxygens (including phenoxy) is 1. The maximum atomic E-state index is 12.3. The zero-order valence-electron chi connectivity index (χ0n) is 16.3. The molecule has 0 amide bonds. The van der Waals surface area contributed by atoms with Crippen LogP contribution in [0.25, 0.3) is 11.1 Å². The second-order valence-electron chi connectivity index (χ2n) is 6.82. The Hall–Kier alpha value is -3.34. The van der Waals surface area contributed by atoms with Crippen LogP contribution < -0.4 is 0 Å². The van der Waals surface area contributed by atoms with Gasteiger partial charge in [-0.3, -0.25) is 0 Å². The van der Waals surface area contributed by atoms with Gasteiger partial charge >= 0.3 is 11.9 Å². The Bertz CT molecular complexity index is 1040. The summed E-state index contributed by atoms with van der Waals surface area (Å²) in [5, 5.41) is 9.61. The van der Waals surface area contributed by atoms with Gasteiger partial charge < -0.3 is 14.3 Å². The number of rotatable bonds is 5. The highest BCUT2D eigenvalue weighted by Crippen LogP contribution is 2.35. The molecule has 5 heteroatoms. The maximum absolute atomic E-state index is 12.3. The lowest BCUT2D eigenvalue weighted by Gasteiger charge is -2.17. The summed E-state index contributed by atoms with van der Waals surface area (Å²) in [4.78, 5) is 24.0. The number of hydrogen-bond acceptors (Lipinski definition) is 4. The molecule has 0 atom stereocenters. The Kier molecular flexibility index (Phi) is 5.36. The zero-order valence-corrected chi connectivity index (χ0v) is 16.3. The smallest absolute Gasteiger partial charge is 0.374 e. The van der Waals surface area contributed by atoms with Crippen molar-refractivity contribution in [1.82, 2.24) is 0 Å². The zero-order chi connectivity index (χ0) is 20.4. The Morgan fingerprint density at radius 2 is 1.64 bits per heavy atom. The summed E-state index contributed by atoms with van der Waals surface area (Å²) in [5.74, 6) is -1.45. The Morgan fingerprint density at radius 3 is 2.29 bits per heavy atom. The predicted octanol–water partition coefficient (Wildman–Crippen LogP) is 5.24. The number of aromatic carboxylic acids is 1. The molecule has 0 bridgehead atoms. The van der Waals surface area contributed by atoms with E-state index in [9.17, 15) is 14.7 Å². The summed E-state index contributed by atoms with van der Waals surface area (Å²) in [6.07, 6.45) is 1.47. The highest BCUT2D eigenvalue weighted by atomic mass is 16.5. The third-order valence-corrected chi connectivity index (χ3v) is 5.14. The number of furan rings is 1. The number of carbonyl (C=O) groups excluding carboxylic acids is 1. The first-order valence-electron chi connectivity index (χ1n) is 8.94. The van der Waals surface area contributed by atoms with Gasteiger partial charge in [0.25, 0.3) is 0 Å². The Morgan fingerprint density at radius 1 is 0.964 bits per heavy atom. The van der Waals surface area contributed by atoms with Crippen LogP contribution in [0.15, 0.2) is 47.1 Å². The topological polar surface area (TPSA) is 76.7 Å². The van der Waals surface area contributed by atoms with Crippen molar-refractivity contribution in [2.45, 2.75) is 34.3 Å². The molecule has 2 aromatic carbocycles. The lowest BCUT2D eigenvalue weighted by atomic mass is 9.86. The lowest BCUT2D eigenvalue weighted by molar-refractivity contribution is 0.0436. The van der Waals surface area contributed by atoms with E-state index in [1.54, 1.807) is 13.0 Å². The number of hydrogen-bond donors (Lipinski definition) is 1. The monoisotopic (exact) mass is 378 g/mol. The minimum absolute atomic E-state index is 0.0832. The molecule has 0 fully saturated rings. The molecule has 1 N–H and O–H groups in total. The van der Waals surface area contributed by atoms with Crippen LogP contribution in [0.5, 0.6) is 0 Å². The summed E-state index contributed by atoms with van der Waals surface area (Å²) >= 11 is 0. The molecule has 1 aromatic heterocycles. The van der Waals surface area contributed by atoms with E-state index in [0.29, 0.717) is 11.1 Å². The third-order valence-electron chi connectivity index (χ3n) is 5.14. The average molecular weight is 378 g/mol. The normalized spacial score (nSPS) is 10.7. The van der Waals surface area contributed by atoms with Crippen LogP contribution in [0.3, 0.4) is 0 Å². The first kappa shape index (κ1) is 19.4. The van der Waals surface area contributed by atoms with Crippen molar-refractivity contribution in [3.63, 3.8) is 0 Å². The number of carboxylic acid groups (broad SMARTS) is 1. The van der Waals surface area contributed by atoms with Crippen molar-refractivity contribution in [3.05, 3.63) is 81.8 Å². The van der Waals surface area contributed by atoms with Gasteiger partial charge in [-0.25, -0.2) is 9.59 Å². The average Bonchev–Trinajstić information content (AvgIpc) is 3.15. The van der Waals surface area contributed by atoms with Crippen LogP contribution in [0, 0.1) is 27.7 Å². The first-order chi connectivity index (χ1) is 13.3. The summed E-state index contributed by atoms with van der Waals surface area (Å²) in [7, 11) is 0. The fraction of sp³-hybridized carbons (Fsp3) is 0.217. The highest BCUT2D eigenvalue weighted by Gasteiger charge is 2.22. The highest BCUT2D eigenvalue weighted by molar-refractivity contribution is 5.96. The Balaban J connectivity index is 1.92. The number of carbonyl (C=O) groups is 2. The predicted molar refractivity (Wildman–Crippen MR) is 106 cm³/mol. The molecule has 3 aromatic rings. The van der Waals surface area contributed by atoms with E-state index in [0.717, 1.165) is 27.8 Å². The fourth-order valence-corrected chi connectivity index (χ4v) is 3.47. The van der Waals surface area contributed by atoms with Gasteiger partial charge in [-0.2, -0.15) is 0 Å². The van der Waals surface area contributed by atoms with Gasteiger partial charge in [0.05, 0.1) is 11.8 Å². The molecule has 144 valence electrons. The molecule has 1 heterocycles. The minimum Gasteiger partial charge on any atom is -0.478 e. The van der Waals surface area contributed by atoms with Gasteiger partial charge in [-0.1, -0.05) is 30.3 Å². The standard InChI is InChI=1S/C23H22O5/c1-13-14(2)20(16(4)21(15(13)3)22(24)25)18-10-19(27-12-18)23(26)28-11-17-8-6-5-7-9-17/h5-10,12H,11H2,1-4H3,(H,24,25). The van der Waals surface area contributed by atoms with Crippen molar-refractivity contribution in [3.8, 4) is 11.1 Å². The largest absolute Gasteiger partial charge is 0.478 e. The SMILES string of the molecule is Cc1c(C)c(C(=O)O)c(C)c(-c2coc(C(=O)OCc3ccccc3)c2)c1C. The van der Waals surface area contributed by atoms with Crippen molar-refractivity contribution in [2.24, 2.45) is 0 Å². The van der Waals surface area contributed by atoms with Gasteiger partial charge in [0.2, 0.25) is 5.76 Å². The van der Waals surface area contributed by atoms with E-state index >= 15 is 0 Å². The van der Waals surface area contributed by atoms with Crippen LogP contribution in [-0.2, 0) is 11.3 Å². The van der Waals surface area contributed by atoms with E-state index in [2.05, 4.69) is 0 Å². The molecule has 5 nitrogen and oxygen atoms in total. The number of benzene rings is 2. The van der Waals surface area contributed by atoms with Gasteiger partial charge in [0.15, 0.2) is 0 Å². The van der Waals surface area contributed by atoms with Crippen LogP contribution in [0.1, 0.15) is 48.7 Å². The van der Waals surface area contributed by atoms with E-state index in [-0.39, 0.29) is 17.9 Å². The van der Waals surface area contributed by atoms with E-state index in [1.807, 2.05) is 51.1 Å². The molecule has 0 unspecified atom stereocenters. The van der Waals surface area contributed by atoms with Gasteiger partial charge in [-0.05, 0) is 67.1 Å². The third kappa shape index (κ3) is 3.56. The summed E-state index contributed by atoms with van der Waals surface area (Å²) in [5.41, 5.74) is 5.87. The second-order valence-corrected chi connectivity index (χ2v) is 6.82. The molecule has 28 heavy (non-hydrogen) atoms. The molecule has 0 aliphatic heterocycles. The van der Waals surface area contributed by atoms with Crippen LogP contribution in [0.2, 0.25) is 0 Å². The first-order valence-corrected chi connectivity index (χ1v) is 8.94. The number of carboxylic acids is 1. The van der Waals surface area contributed by atoms with Crippen LogP contribution in [-0.4, -0.2) is 17.0 Å². The molecule has 0 saturated heterocycles. The molecule has 0 aliphatic rings. The Labute approximate surface area is 163 Å². The van der Waals surface area contributed by atoms with Crippen LogP contribution >= 0.6 is 0 Å². The van der Waals surface area contributed by atoms with E-state index < -0.39 is 11.9 Å². The summed E-state index contributed by atoms with van der Waals surface area (Å²) in [6, 6.07) is 11.0. The summed E-state index contributed by atoms with van der Waals surface area (Å²) in [6.45, 7) is 7.58. The molecule has 0 aliphatic carbocycles. The molecular formula is C23H22O5. The minimum atomic E-state index is -0.967. The van der Waals surface area contributed by atoms with Gasteiger partial charge in [-0.15, -0.1) is 0 Å². The molecular weight excluding hydrogens is 356 g/mol. The van der Waals surface area contributed by atoms with E-state index in [4.69, 9.17) is 9.15 Å².